The molecule has 0 fully saturated rings. The molecule has 1 N–H and O–H groups in total. The van der Waals surface area contributed by atoms with E-state index in [9.17, 15) is 10.1 Å². The summed E-state index contributed by atoms with van der Waals surface area (Å²) < 4.78 is 0.719. The molecule has 1 aromatic carbocycles. The lowest BCUT2D eigenvalue weighted by molar-refractivity contribution is -0.384. The van der Waals surface area contributed by atoms with Gasteiger partial charge in [-0.3, -0.25) is 10.1 Å². The van der Waals surface area contributed by atoms with Crippen molar-refractivity contribution < 1.29 is 4.92 Å². The smallest absolute Gasteiger partial charge is 0.293 e. The van der Waals surface area contributed by atoms with Crippen LogP contribution in [0.3, 0.4) is 0 Å². The Balaban J connectivity index is 2.67. The summed E-state index contributed by atoms with van der Waals surface area (Å²) in [5.41, 5.74) is 0.835. The van der Waals surface area contributed by atoms with Crippen LogP contribution in [0.4, 0.5) is 11.4 Å². The molecule has 0 unspecified atom stereocenters. The summed E-state index contributed by atoms with van der Waals surface area (Å²) in [6.45, 7) is 7.32. The number of hydrogen-bond acceptors (Lipinski definition) is 3. The van der Waals surface area contributed by atoms with Gasteiger partial charge in [0.05, 0.1) is 4.92 Å². The Kier molecular flexibility index (Phi) is 6.46. The van der Waals surface area contributed by atoms with Crippen LogP contribution in [0, 0.1) is 15.5 Å². The third-order valence-electron chi connectivity index (χ3n) is 3.37. The lowest BCUT2D eigenvalue weighted by Crippen LogP contribution is -2.23. The molecule has 20 heavy (non-hydrogen) atoms. The Morgan fingerprint density at radius 1 is 1.35 bits per heavy atom. The molecule has 0 saturated heterocycles. The molecule has 0 aromatic heterocycles. The summed E-state index contributed by atoms with van der Waals surface area (Å²) in [7, 11) is 0. The van der Waals surface area contributed by atoms with E-state index in [0.717, 1.165) is 17.4 Å². The van der Waals surface area contributed by atoms with E-state index in [1.807, 2.05) is 6.07 Å². The average Bonchev–Trinajstić information content (AvgIpc) is 2.37. The molecule has 0 heterocycles. The van der Waals surface area contributed by atoms with Crippen molar-refractivity contribution in [2.75, 3.05) is 11.9 Å². The van der Waals surface area contributed by atoms with E-state index in [1.165, 1.54) is 25.3 Å². The van der Waals surface area contributed by atoms with Crippen molar-refractivity contribution in [3.63, 3.8) is 0 Å². The van der Waals surface area contributed by atoms with E-state index in [1.54, 1.807) is 6.07 Å². The normalized spacial score (nSPS) is 11.4. The molecule has 1 aromatic rings. The van der Waals surface area contributed by atoms with Gasteiger partial charge in [-0.15, -0.1) is 0 Å². The minimum absolute atomic E-state index is 0.115. The molecule has 5 heteroatoms. The highest BCUT2D eigenvalue weighted by Crippen LogP contribution is 2.30. The van der Waals surface area contributed by atoms with Gasteiger partial charge >= 0.3 is 0 Å². The molecule has 0 aliphatic carbocycles. The summed E-state index contributed by atoms with van der Waals surface area (Å²) in [5, 5.41) is 14.3. The summed E-state index contributed by atoms with van der Waals surface area (Å²) >= 11 is 3.27. The zero-order chi connectivity index (χ0) is 15.2. The van der Waals surface area contributed by atoms with Crippen LogP contribution in [0.5, 0.6) is 0 Å². The molecule has 0 aliphatic rings. The predicted molar refractivity (Wildman–Crippen MR) is 87.2 cm³/mol. The maximum atomic E-state index is 11.1. The second-order valence-electron chi connectivity index (χ2n) is 5.89. The number of hydrogen-bond donors (Lipinski definition) is 1. The topological polar surface area (TPSA) is 55.2 Å². The van der Waals surface area contributed by atoms with Crippen LogP contribution in [0.2, 0.25) is 0 Å². The molecular weight excluding hydrogens is 320 g/mol. The van der Waals surface area contributed by atoms with E-state index in [4.69, 9.17) is 0 Å². The maximum Gasteiger partial charge on any atom is 0.293 e. The molecule has 4 nitrogen and oxygen atoms in total. The second-order valence-corrected chi connectivity index (χ2v) is 6.81. The molecule has 1 rings (SSSR count). The van der Waals surface area contributed by atoms with Gasteiger partial charge < -0.3 is 5.32 Å². The zero-order valence-electron chi connectivity index (χ0n) is 12.4. The van der Waals surface area contributed by atoms with Crippen molar-refractivity contribution in [1.82, 2.24) is 0 Å². The zero-order valence-corrected chi connectivity index (χ0v) is 14.0. The molecule has 112 valence electrons. The number of halogens is 1. The van der Waals surface area contributed by atoms with E-state index in [2.05, 4.69) is 42.0 Å². The summed E-state index contributed by atoms with van der Waals surface area (Å²) in [6.07, 6.45) is 4.77. The average molecular weight is 343 g/mol. The fourth-order valence-electron chi connectivity index (χ4n) is 2.08. The number of anilines is 1. The Hall–Kier alpha value is -1.10. The van der Waals surface area contributed by atoms with Crippen molar-refractivity contribution in [2.45, 2.75) is 46.5 Å². The number of nitrogens with zero attached hydrogens (tertiary/aromatic N) is 1. The number of benzene rings is 1. The van der Waals surface area contributed by atoms with Gasteiger partial charge in [0.2, 0.25) is 0 Å². The van der Waals surface area contributed by atoms with Crippen molar-refractivity contribution in [3.05, 3.63) is 32.8 Å². The van der Waals surface area contributed by atoms with Gasteiger partial charge in [0, 0.05) is 17.1 Å². The van der Waals surface area contributed by atoms with Crippen LogP contribution in [0.15, 0.2) is 22.7 Å². The summed E-state index contributed by atoms with van der Waals surface area (Å²) in [4.78, 5) is 10.7. The molecule has 0 saturated carbocycles. The Labute approximate surface area is 129 Å². The van der Waals surface area contributed by atoms with E-state index < -0.39 is 0 Å². The van der Waals surface area contributed by atoms with Crippen LogP contribution in [0.25, 0.3) is 0 Å². The molecule has 0 aliphatic heterocycles. The van der Waals surface area contributed by atoms with Gasteiger partial charge in [-0.05, 0) is 24.0 Å². The number of unbranched alkanes of at least 4 members (excludes halogenated alkanes) is 2. The maximum absolute atomic E-state index is 11.1. The quantitative estimate of drug-likeness (QED) is 0.392. The number of nitro groups is 1. The lowest BCUT2D eigenvalue weighted by atomic mass is 9.87. The first-order chi connectivity index (χ1) is 9.35. The first-order valence-corrected chi connectivity index (χ1v) is 7.83. The fraction of sp³-hybridized carbons (Fsp3) is 0.600. The minimum Gasteiger partial charge on any atom is -0.379 e. The highest BCUT2D eigenvalue weighted by molar-refractivity contribution is 9.10. The highest BCUT2D eigenvalue weighted by atomic mass is 79.9. The molecule has 0 radical (unpaired) electrons. The van der Waals surface area contributed by atoms with E-state index in [-0.39, 0.29) is 16.0 Å². The first-order valence-electron chi connectivity index (χ1n) is 7.03. The molecular formula is C15H23BrN2O2. The first kappa shape index (κ1) is 17.0. The third-order valence-corrected chi connectivity index (χ3v) is 3.86. The second kappa shape index (κ2) is 7.62. The van der Waals surface area contributed by atoms with Gasteiger partial charge in [0.15, 0.2) is 0 Å². The fourth-order valence-corrected chi connectivity index (χ4v) is 2.43. The van der Waals surface area contributed by atoms with Crippen LogP contribution < -0.4 is 5.32 Å². The van der Waals surface area contributed by atoms with Gasteiger partial charge in [-0.25, -0.2) is 0 Å². The van der Waals surface area contributed by atoms with E-state index in [0.29, 0.717) is 5.69 Å². The van der Waals surface area contributed by atoms with Gasteiger partial charge in [-0.2, -0.15) is 0 Å². The SMILES string of the molecule is CCCCCC(C)(C)CNc1ccc(Br)cc1[N+](=O)[O-]. The Morgan fingerprint density at radius 3 is 2.65 bits per heavy atom. The largest absolute Gasteiger partial charge is 0.379 e. The van der Waals surface area contributed by atoms with Crippen LogP contribution in [-0.2, 0) is 0 Å². The number of rotatable bonds is 8. The van der Waals surface area contributed by atoms with Crippen molar-refractivity contribution in [3.8, 4) is 0 Å². The predicted octanol–water partition coefficient (Wildman–Crippen LogP) is 5.38. The number of nitro benzene ring substituents is 1. The van der Waals surface area contributed by atoms with Gasteiger partial charge in [-0.1, -0.05) is 56.0 Å². The Morgan fingerprint density at radius 2 is 2.05 bits per heavy atom. The minimum atomic E-state index is -0.350. The molecule has 0 atom stereocenters. The molecule has 0 amide bonds. The molecule has 0 bridgehead atoms. The van der Waals surface area contributed by atoms with Gasteiger partial charge in [0.1, 0.15) is 5.69 Å². The van der Waals surface area contributed by atoms with Crippen molar-refractivity contribution in [1.29, 1.82) is 0 Å². The Bertz CT molecular complexity index is 461. The van der Waals surface area contributed by atoms with Crippen LogP contribution in [-0.4, -0.2) is 11.5 Å². The van der Waals surface area contributed by atoms with Crippen LogP contribution in [0.1, 0.15) is 46.5 Å². The van der Waals surface area contributed by atoms with Crippen LogP contribution >= 0.6 is 15.9 Å². The van der Waals surface area contributed by atoms with Crippen molar-refractivity contribution >= 4 is 27.3 Å². The molecule has 0 spiro atoms. The monoisotopic (exact) mass is 342 g/mol. The number of nitrogens with one attached hydrogen (secondary N) is 1. The lowest BCUT2D eigenvalue weighted by Gasteiger charge is -2.25. The van der Waals surface area contributed by atoms with E-state index >= 15 is 0 Å². The highest BCUT2D eigenvalue weighted by Gasteiger charge is 2.20. The summed E-state index contributed by atoms with van der Waals surface area (Å²) in [5.74, 6) is 0. The summed E-state index contributed by atoms with van der Waals surface area (Å²) in [6, 6.07) is 5.11. The standard InChI is InChI=1S/C15H23BrN2O2/c1-4-5-6-9-15(2,3)11-17-13-8-7-12(16)10-14(13)18(19)20/h7-8,10,17H,4-6,9,11H2,1-3H3. The van der Waals surface area contributed by atoms with Crippen molar-refractivity contribution in [2.24, 2.45) is 5.41 Å². The third kappa shape index (κ3) is 5.49. The van der Waals surface area contributed by atoms with Gasteiger partial charge in [0.25, 0.3) is 5.69 Å².